The lowest BCUT2D eigenvalue weighted by Crippen LogP contribution is -2.56. The van der Waals surface area contributed by atoms with Crippen LogP contribution in [0.3, 0.4) is 0 Å². The van der Waals surface area contributed by atoms with Crippen LogP contribution < -0.4 is 11.1 Å². The largest absolute Gasteiger partial charge is 0.436 e. The first kappa shape index (κ1) is 20.6. The molecule has 2 amide bonds. The van der Waals surface area contributed by atoms with Crippen molar-refractivity contribution in [2.24, 2.45) is 5.73 Å². The van der Waals surface area contributed by atoms with Crippen molar-refractivity contribution in [3.05, 3.63) is 64.2 Å². The first-order chi connectivity index (χ1) is 14.3. The zero-order valence-electron chi connectivity index (χ0n) is 16.0. The second kappa shape index (κ2) is 7.85. The summed E-state index contributed by atoms with van der Waals surface area (Å²) >= 11 is 5.96. The summed E-state index contributed by atoms with van der Waals surface area (Å²) in [6.07, 6.45) is 0.255. The molecule has 1 fully saturated rings. The molecule has 0 aliphatic carbocycles. The van der Waals surface area contributed by atoms with Gasteiger partial charge in [-0.2, -0.15) is 0 Å². The number of ether oxygens (including phenoxy) is 1. The predicted octanol–water partition coefficient (Wildman–Crippen LogP) is 3.57. The number of hydrogen-bond donors (Lipinski definition) is 2. The number of hydrogen-bond acceptors (Lipinski definition) is 4. The first-order valence-electron chi connectivity index (χ1n) is 9.56. The monoisotopic (exact) mass is 435 g/mol. The number of carbonyl (C=O) groups excluding carboxylic acids is 2. The molecule has 2 aliphatic heterocycles. The number of likely N-dealkylation sites (tertiary alicyclic amines) is 1. The number of piperidine rings is 1. The molecule has 9 heteroatoms. The predicted molar refractivity (Wildman–Crippen MR) is 107 cm³/mol. The first-order valence-corrected chi connectivity index (χ1v) is 9.94. The van der Waals surface area contributed by atoms with Crippen molar-refractivity contribution in [2.75, 3.05) is 18.4 Å². The number of benzene rings is 2. The fourth-order valence-electron chi connectivity index (χ4n) is 4.20. The number of nitrogens with one attached hydrogen (secondary N) is 1. The van der Waals surface area contributed by atoms with Gasteiger partial charge in [0.15, 0.2) is 11.4 Å². The Morgan fingerprint density at radius 2 is 2.13 bits per heavy atom. The third kappa shape index (κ3) is 3.73. The lowest BCUT2D eigenvalue weighted by atomic mass is 9.82. The molecule has 1 spiro atoms. The summed E-state index contributed by atoms with van der Waals surface area (Å²) in [7, 11) is 0. The summed E-state index contributed by atoms with van der Waals surface area (Å²) in [6.45, 7) is 0.348. The minimum atomic E-state index is -1.35. The molecule has 0 radical (unpaired) electrons. The van der Waals surface area contributed by atoms with Crippen LogP contribution in [-0.4, -0.2) is 36.0 Å². The van der Waals surface area contributed by atoms with Crippen molar-refractivity contribution in [2.45, 2.75) is 30.9 Å². The van der Waals surface area contributed by atoms with E-state index in [1.165, 1.54) is 29.2 Å². The smallest absolute Gasteiger partial charge is 0.412 e. The highest BCUT2D eigenvalue weighted by molar-refractivity contribution is 6.31. The second-order valence-corrected chi connectivity index (χ2v) is 8.00. The fraction of sp³-hybridized carbons (Fsp3) is 0.333. The van der Waals surface area contributed by atoms with E-state index in [4.69, 9.17) is 22.1 Å². The minimum absolute atomic E-state index is 0.0413. The molecule has 158 valence electrons. The molecule has 30 heavy (non-hydrogen) atoms. The maximum absolute atomic E-state index is 14.9. The quantitative estimate of drug-likeness (QED) is 0.772. The van der Waals surface area contributed by atoms with Crippen molar-refractivity contribution in [1.29, 1.82) is 0 Å². The zero-order valence-corrected chi connectivity index (χ0v) is 16.7. The molecule has 6 nitrogen and oxygen atoms in total. The Labute approximate surface area is 176 Å². The average molecular weight is 436 g/mol. The average Bonchev–Trinajstić information content (AvgIpc) is 2.70. The van der Waals surface area contributed by atoms with Crippen molar-refractivity contribution in [3.8, 4) is 0 Å². The Balaban J connectivity index is 1.60. The van der Waals surface area contributed by atoms with E-state index in [0.29, 0.717) is 24.9 Å². The van der Waals surface area contributed by atoms with Crippen LogP contribution in [0.5, 0.6) is 0 Å². The van der Waals surface area contributed by atoms with Gasteiger partial charge in [0, 0.05) is 6.54 Å². The molecule has 2 heterocycles. The molecular weight excluding hydrogens is 416 g/mol. The maximum Gasteiger partial charge on any atom is 0.412 e. The van der Waals surface area contributed by atoms with E-state index in [0.717, 1.165) is 0 Å². The van der Waals surface area contributed by atoms with E-state index in [9.17, 15) is 18.4 Å². The van der Waals surface area contributed by atoms with Gasteiger partial charge in [0.05, 0.1) is 28.9 Å². The van der Waals surface area contributed by atoms with Crippen LogP contribution in [0.25, 0.3) is 0 Å². The van der Waals surface area contributed by atoms with Crippen molar-refractivity contribution >= 4 is 29.3 Å². The van der Waals surface area contributed by atoms with Crippen molar-refractivity contribution < 1.29 is 23.1 Å². The standard InChI is InChI=1S/C21H20ClF2N3O3/c22-14-5-6-16-17(18(14)24)21(30-20(29)26-16)7-2-8-27(11-21)19(28)15(25)10-12-3-1-4-13(23)9-12/h1,3-6,9,15H,2,7-8,10-11,25H2,(H,26,29)/t15-,21-/m0/s1. The number of fused-ring (bicyclic) bond motifs is 2. The van der Waals surface area contributed by atoms with E-state index < -0.39 is 29.4 Å². The van der Waals surface area contributed by atoms with Gasteiger partial charge in [-0.05, 0) is 49.1 Å². The van der Waals surface area contributed by atoms with Gasteiger partial charge in [-0.1, -0.05) is 23.7 Å². The second-order valence-electron chi connectivity index (χ2n) is 7.60. The van der Waals surface area contributed by atoms with Crippen LogP contribution in [0.2, 0.25) is 5.02 Å². The number of carbonyl (C=O) groups is 2. The van der Waals surface area contributed by atoms with Gasteiger partial charge < -0.3 is 15.4 Å². The fourth-order valence-corrected chi connectivity index (χ4v) is 4.36. The molecule has 0 unspecified atom stereocenters. The highest BCUT2D eigenvalue weighted by Gasteiger charge is 2.48. The molecule has 2 aliphatic rings. The summed E-state index contributed by atoms with van der Waals surface area (Å²) < 4.78 is 33.9. The summed E-state index contributed by atoms with van der Waals surface area (Å²) in [5.74, 6) is -1.47. The normalized spacial score (nSPS) is 21.6. The summed E-state index contributed by atoms with van der Waals surface area (Å²) in [6, 6.07) is 7.84. The van der Waals surface area contributed by atoms with Crippen LogP contribution in [-0.2, 0) is 21.6 Å². The molecule has 0 saturated carbocycles. The van der Waals surface area contributed by atoms with E-state index in [1.54, 1.807) is 12.1 Å². The lowest BCUT2D eigenvalue weighted by molar-refractivity contribution is -0.140. The van der Waals surface area contributed by atoms with E-state index in [-0.39, 0.29) is 35.1 Å². The molecule has 3 N–H and O–H groups in total. The van der Waals surface area contributed by atoms with E-state index in [1.807, 2.05) is 0 Å². The molecular formula is C21H20ClF2N3O3. The third-order valence-electron chi connectivity index (χ3n) is 5.50. The van der Waals surface area contributed by atoms with Crippen LogP contribution in [0, 0.1) is 11.6 Å². The minimum Gasteiger partial charge on any atom is -0.436 e. The van der Waals surface area contributed by atoms with E-state index in [2.05, 4.69) is 5.32 Å². The molecule has 0 aromatic heterocycles. The molecule has 2 aromatic rings. The van der Waals surface area contributed by atoms with Crippen LogP contribution in [0.4, 0.5) is 19.3 Å². The molecule has 2 aromatic carbocycles. The number of nitrogens with two attached hydrogens (primary N) is 1. The maximum atomic E-state index is 14.9. The number of amides is 2. The summed E-state index contributed by atoms with van der Waals surface area (Å²) in [5.41, 5.74) is 5.74. The van der Waals surface area contributed by atoms with Gasteiger partial charge in [-0.25, -0.2) is 13.6 Å². The Bertz CT molecular complexity index is 1020. The number of halogens is 3. The van der Waals surface area contributed by atoms with E-state index >= 15 is 0 Å². The zero-order chi connectivity index (χ0) is 21.5. The Morgan fingerprint density at radius 1 is 1.33 bits per heavy atom. The Morgan fingerprint density at radius 3 is 2.90 bits per heavy atom. The van der Waals surface area contributed by atoms with Gasteiger partial charge in [-0.3, -0.25) is 10.1 Å². The molecule has 2 atom stereocenters. The van der Waals surface area contributed by atoms with Crippen LogP contribution >= 0.6 is 11.6 Å². The SMILES string of the molecule is N[C@@H](Cc1cccc(F)c1)C(=O)N1CCC[C@@]2(C1)OC(=O)Nc1ccc(Cl)c(F)c12. The van der Waals surface area contributed by atoms with Gasteiger partial charge in [0.25, 0.3) is 0 Å². The van der Waals surface area contributed by atoms with Gasteiger partial charge in [-0.15, -0.1) is 0 Å². The summed E-state index contributed by atoms with van der Waals surface area (Å²) in [5, 5.41) is 2.38. The highest BCUT2D eigenvalue weighted by Crippen LogP contribution is 2.45. The molecule has 1 saturated heterocycles. The van der Waals surface area contributed by atoms with Gasteiger partial charge >= 0.3 is 6.09 Å². The van der Waals surface area contributed by atoms with Gasteiger partial charge in [0.1, 0.15) is 5.82 Å². The Hall–Kier alpha value is -2.71. The summed E-state index contributed by atoms with van der Waals surface area (Å²) in [4.78, 5) is 26.6. The molecule has 0 bridgehead atoms. The van der Waals surface area contributed by atoms with Crippen molar-refractivity contribution in [3.63, 3.8) is 0 Å². The topological polar surface area (TPSA) is 84.7 Å². The van der Waals surface area contributed by atoms with Crippen LogP contribution in [0.15, 0.2) is 36.4 Å². The number of nitrogens with zero attached hydrogens (tertiary/aromatic N) is 1. The molecule has 4 rings (SSSR count). The van der Waals surface area contributed by atoms with Crippen molar-refractivity contribution in [1.82, 2.24) is 4.90 Å². The number of rotatable bonds is 3. The van der Waals surface area contributed by atoms with Crippen LogP contribution in [0.1, 0.15) is 24.0 Å². The highest BCUT2D eigenvalue weighted by atomic mass is 35.5. The van der Waals surface area contributed by atoms with Gasteiger partial charge in [0.2, 0.25) is 5.91 Å². The number of anilines is 1. The Kier molecular flexibility index (Phi) is 5.38. The third-order valence-corrected chi connectivity index (χ3v) is 5.80. The lowest BCUT2D eigenvalue weighted by Gasteiger charge is -2.45.